The van der Waals surface area contributed by atoms with Gasteiger partial charge < -0.3 is 4.74 Å². The maximum atomic E-state index is 11.6. The van der Waals surface area contributed by atoms with Crippen LogP contribution in [0, 0.1) is 0 Å². The molecule has 0 saturated heterocycles. The van der Waals surface area contributed by atoms with E-state index in [9.17, 15) is 4.79 Å². The molecular formula is C19H32O2S. The van der Waals surface area contributed by atoms with Crippen LogP contribution in [0.3, 0.4) is 0 Å². The summed E-state index contributed by atoms with van der Waals surface area (Å²) in [5, 5.41) is 3.74. The van der Waals surface area contributed by atoms with Crippen LogP contribution in [0.1, 0.15) is 94.3 Å². The fourth-order valence-electron chi connectivity index (χ4n) is 2.57. The molecule has 0 spiro atoms. The molecule has 1 heterocycles. The van der Waals surface area contributed by atoms with Gasteiger partial charge >= 0.3 is 5.97 Å². The predicted octanol–water partition coefficient (Wildman–Crippen LogP) is 6.61. The van der Waals surface area contributed by atoms with Gasteiger partial charge in [0.2, 0.25) is 0 Å². The number of carbonyl (C=O) groups excluding carboxylic acids is 1. The van der Waals surface area contributed by atoms with Crippen LogP contribution in [0.5, 0.6) is 0 Å². The number of ether oxygens (including phenoxy) is 1. The van der Waals surface area contributed by atoms with Gasteiger partial charge in [-0.25, -0.2) is 4.79 Å². The molecule has 3 heteroatoms. The monoisotopic (exact) mass is 324 g/mol. The summed E-state index contributed by atoms with van der Waals surface area (Å²) in [6.45, 7) is 2.83. The Bertz CT molecular complexity index is 360. The van der Waals surface area contributed by atoms with Gasteiger partial charge in [0, 0.05) is 5.38 Å². The Morgan fingerprint density at radius 3 is 1.95 bits per heavy atom. The Kier molecular flexibility index (Phi) is 12.1. The fourth-order valence-corrected chi connectivity index (χ4v) is 3.20. The van der Waals surface area contributed by atoms with Crippen LogP contribution in [-0.4, -0.2) is 12.6 Å². The second kappa shape index (κ2) is 13.8. The number of esters is 1. The molecule has 0 aliphatic carbocycles. The predicted molar refractivity (Wildman–Crippen MR) is 95.7 cm³/mol. The Morgan fingerprint density at radius 1 is 0.909 bits per heavy atom. The highest BCUT2D eigenvalue weighted by Crippen LogP contribution is 2.12. The van der Waals surface area contributed by atoms with Gasteiger partial charge in [0.25, 0.3) is 0 Å². The second-order valence-electron chi connectivity index (χ2n) is 6.04. The van der Waals surface area contributed by atoms with Gasteiger partial charge in [0.05, 0.1) is 12.2 Å². The van der Waals surface area contributed by atoms with E-state index in [4.69, 9.17) is 4.74 Å². The molecule has 1 aromatic rings. The Labute approximate surface area is 140 Å². The third-order valence-corrected chi connectivity index (χ3v) is 4.67. The molecule has 0 aliphatic rings. The van der Waals surface area contributed by atoms with E-state index in [1.54, 1.807) is 0 Å². The summed E-state index contributed by atoms with van der Waals surface area (Å²) in [5.41, 5.74) is 0.684. The normalized spacial score (nSPS) is 10.8. The third kappa shape index (κ3) is 9.99. The molecular weight excluding hydrogens is 292 g/mol. The fraction of sp³-hybridized carbons (Fsp3) is 0.737. The molecule has 1 aromatic heterocycles. The minimum Gasteiger partial charge on any atom is -0.462 e. The molecule has 0 N–H and O–H groups in total. The number of hydrogen-bond donors (Lipinski definition) is 0. The number of unbranched alkanes of at least 4 members (excludes halogenated alkanes) is 11. The summed E-state index contributed by atoms with van der Waals surface area (Å²) in [5.74, 6) is -0.177. The zero-order valence-corrected chi connectivity index (χ0v) is 15.0. The molecule has 0 fully saturated rings. The van der Waals surface area contributed by atoms with Crippen LogP contribution in [0.25, 0.3) is 0 Å². The van der Waals surface area contributed by atoms with Crippen molar-refractivity contribution in [2.24, 2.45) is 0 Å². The van der Waals surface area contributed by atoms with E-state index in [2.05, 4.69) is 6.92 Å². The molecule has 126 valence electrons. The Morgan fingerprint density at radius 2 is 1.45 bits per heavy atom. The number of hydrogen-bond acceptors (Lipinski definition) is 3. The smallest absolute Gasteiger partial charge is 0.338 e. The molecule has 1 rings (SSSR count). The van der Waals surface area contributed by atoms with Crippen molar-refractivity contribution in [3.05, 3.63) is 22.4 Å². The van der Waals surface area contributed by atoms with Gasteiger partial charge in [-0.15, -0.1) is 0 Å². The summed E-state index contributed by atoms with van der Waals surface area (Å²) < 4.78 is 5.25. The SMILES string of the molecule is CCCCCCCCCCCCCCOC(=O)c1ccsc1. The maximum absolute atomic E-state index is 11.6. The topological polar surface area (TPSA) is 26.3 Å². The molecule has 22 heavy (non-hydrogen) atoms. The van der Waals surface area contributed by atoms with Gasteiger partial charge in [-0.1, -0.05) is 77.6 Å². The molecule has 2 nitrogen and oxygen atoms in total. The second-order valence-corrected chi connectivity index (χ2v) is 6.82. The van der Waals surface area contributed by atoms with Crippen molar-refractivity contribution in [3.63, 3.8) is 0 Å². The van der Waals surface area contributed by atoms with Gasteiger partial charge in [-0.2, -0.15) is 11.3 Å². The minimum atomic E-state index is -0.177. The van der Waals surface area contributed by atoms with E-state index in [1.807, 2.05) is 16.8 Å². The van der Waals surface area contributed by atoms with Crippen molar-refractivity contribution < 1.29 is 9.53 Å². The maximum Gasteiger partial charge on any atom is 0.338 e. The van der Waals surface area contributed by atoms with Crippen LogP contribution in [-0.2, 0) is 4.74 Å². The average molecular weight is 325 g/mol. The summed E-state index contributed by atoms with van der Waals surface area (Å²) in [6, 6.07) is 1.81. The van der Waals surface area contributed by atoms with E-state index >= 15 is 0 Å². The average Bonchev–Trinajstić information content (AvgIpc) is 3.06. The lowest BCUT2D eigenvalue weighted by atomic mass is 10.1. The summed E-state index contributed by atoms with van der Waals surface area (Å²) in [7, 11) is 0. The molecule has 0 aromatic carbocycles. The molecule has 0 amide bonds. The third-order valence-electron chi connectivity index (χ3n) is 3.99. The molecule has 0 radical (unpaired) electrons. The van der Waals surface area contributed by atoms with E-state index in [1.165, 1.54) is 82.0 Å². The first-order valence-electron chi connectivity index (χ1n) is 9.04. The van der Waals surface area contributed by atoms with Crippen molar-refractivity contribution in [1.82, 2.24) is 0 Å². The molecule has 0 bridgehead atoms. The summed E-state index contributed by atoms with van der Waals surface area (Å²) in [6.07, 6.45) is 15.9. The van der Waals surface area contributed by atoms with Gasteiger partial charge in [0.1, 0.15) is 0 Å². The summed E-state index contributed by atoms with van der Waals surface area (Å²) in [4.78, 5) is 11.6. The zero-order valence-electron chi connectivity index (χ0n) is 14.1. The highest BCUT2D eigenvalue weighted by atomic mass is 32.1. The molecule has 0 aliphatic heterocycles. The van der Waals surface area contributed by atoms with Gasteiger partial charge in [0.15, 0.2) is 0 Å². The van der Waals surface area contributed by atoms with E-state index < -0.39 is 0 Å². The first kappa shape index (κ1) is 19.2. The van der Waals surface area contributed by atoms with Crippen molar-refractivity contribution >= 4 is 17.3 Å². The van der Waals surface area contributed by atoms with E-state index in [-0.39, 0.29) is 5.97 Å². The van der Waals surface area contributed by atoms with Gasteiger partial charge in [-0.3, -0.25) is 0 Å². The lowest BCUT2D eigenvalue weighted by molar-refractivity contribution is 0.0498. The quantitative estimate of drug-likeness (QED) is 0.284. The van der Waals surface area contributed by atoms with Crippen LogP contribution in [0.2, 0.25) is 0 Å². The first-order valence-corrected chi connectivity index (χ1v) is 9.98. The van der Waals surface area contributed by atoms with E-state index in [0.29, 0.717) is 12.2 Å². The Hall–Kier alpha value is -0.830. The van der Waals surface area contributed by atoms with Gasteiger partial charge in [-0.05, 0) is 17.9 Å². The van der Waals surface area contributed by atoms with Crippen molar-refractivity contribution in [1.29, 1.82) is 0 Å². The molecule has 0 atom stereocenters. The number of carbonyl (C=O) groups is 1. The Balaban J connectivity index is 1.77. The molecule has 0 saturated carbocycles. The van der Waals surface area contributed by atoms with Crippen molar-refractivity contribution in [2.45, 2.75) is 84.0 Å². The van der Waals surface area contributed by atoms with Crippen molar-refractivity contribution in [2.75, 3.05) is 6.61 Å². The van der Waals surface area contributed by atoms with Crippen LogP contribution < -0.4 is 0 Å². The minimum absolute atomic E-state index is 0.177. The lowest BCUT2D eigenvalue weighted by Crippen LogP contribution is -2.05. The van der Waals surface area contributed by atoms with E-state index in [0.717, 1.165) is 6.42 Å². The highest BCUT2D eigenvalue weighted by molar-refractivity contribution is 7.08. The lowest BCUT2D eigenvalue weighted by Gasteiger charge is -2.04. The summed E-state index contributed by atoms with van der Waals surface area (Å²) >= 11 is 1.53. The van der Waals surface area contributed by atoms with Crippen molar-refractivity contribution in [3.8, 4) is 0 Å². The zero-order chi connectivity index (χ0) is 15.9. The van der Waals surface area contributed by atoms with Crippen LogP contribution in [0.4, 0.5) is 0 Å². The largest absolute Gasteiger partial charge is 0.462 e. The number of rotatable bonds is 14. The van der Waals surface area contributed by atoms with Crippen LogP contribution in [0.15, 0.2) is 16.8 Å². The number of thiophene rings is 1. The molecule has 0 unspecified atom stereocenters. The first-order chi connectivity index (χ1) is 10.8. The van der Waals surface area contributed by atoms with Crippen LogP contribution >= 0.6 is 11.3 Å². The standard InChI is InChI=1S/C19H32O2S/c1-2-3-4-5-6-7-8-9-10-11-12-13-15-21-19(20)18-14-16-22-17-18/h14,16-17H,2-13,15H2,1H3. The highest BCUT2D eigenvalue weighted by Gasteiger charge is 2.06.